The molecule has 0 saturated carbocycles. The van der Waals surface area contributed by atoms with E-state index in [2.05, 4.69) is 30.4 Å². The van der Waals surface area contributed by atoms with Gasteiger partial charge < -0.3 is 9.64 Å². The zero-order valence-corrected chi connectivity index (χ0v) is 11.6. The van der Waals surface area contributed by atoms with E-state index in [-0.39, 0.29) is 12.4 Å². The molecule has 4 heteroatoms. The minimum Gasteiger partial charge on any atom is -0.492 e. The third-order valence-electron chi connectivity index (χ3n) is 2.91. The maximum atomic E-state index is 5.72. The van der Waals surface area contributed by atoms with Crippen LogP contribution in [0.4, 0.5) is 0 Å². The number of fused-ring (bicyclic) bond motifs is 1. The Bertz CT molecular complexity index is 314. The van der Waals surface area contributed by atoms with Crippen LogP contribution in [0, 0.1) is 0 Å². The number of hydrogen-bond donors (Lipinski definition) is 0. The van der Waals surface area contributed by atoms with Crippen molar-refractivity contribution < 1.29 is 4.74 Å². The fourth-order valence-corrected chi connectivity index (χ4v) is 3.07. The molecule has 0 radical (unpaired) electrons. The first-order chi connectivity index (χ1) is 7.27. The lowest BCUT2D eigenvalue weighted by molar-refractivity contribution is 0.315. The zero-order valence-electron chi connectivity index (χ0n) is 9.94. The molecular weight excluding hydrogens is 242 g/mol. The highest BCUT2D eigenvalue weighted by Crippen LogP contribution is 2.39. The van der Waals surface area contributed by atoms with Crippen LogP contribution in [0.2, 0.25) is 0 Å². The van der Waals surface area contributed by atoms with Crippen LogP contribution in [0.25, 0.3) is 0 Å². The molecule has 1 aliphatic heterocycles. The Morgan fingerprint density at radius 2 is 2.31 bits per heavy atom. The quantitative estimate of drug-likeness (QED) is 0.827. The van der Waals surface area contributed by atoms with E-state index >= 15 is 0 Å². The molecule has 0 aromatic carbocycles. The Morgan fingerprint density at radius 3 is 3.06 bits per heavy atom. The average Bonchev–Trinajstić information content (AvgIpc) is 2.57. The van der Waals surface area contributed by atoms with E-state index in [1.165, 1.54) is 30.7 Å². The molecule has 0 fully saturated rings. The van der Waals surface area contributed by atoms with Gasteiger partial charge in [-0.25, -0.2) is 0 Å². The Kier molecular flexibility index (Phi) is 5.59. The van der Waals surface area contributed by atoms with Crippen molar-refractivity contribution in [1.29, 1.82) is 0 Å². The summed E-state index contributed by atoms with van der Waals surface area (Å²) < 4.78 is 5.72. The maximum absolute atomic E-state index is 5.72. The summed E-state index contributed by atoms with van der Waals surface area (Å²) >= 11 is 1.85. The monoisotopic (exact) mass is 261 g/mol. The van der Waals surface area contributed by atoms with E-state index in [1.807, 2.05) is 11.3 Å². The SMILES string of the molecule is CN(C)CCC1CCCOc2ccsc21.Cl. The van der Waals surface area contributed by atoms with E-state index < -0.39 is 0 Å². The summed E-state index contributed by atoms with van der Waals surface area (Å²) in [6, 6.07) is 2.12. The van der Waals surface area contributed by atoms with Crippen LogP contribution in [-0.4, -0.2) is 32.1 Å². The molecule has 2 heterocycles. The molecule has 1 atom stereocenters. The largest absolute Gasteiger partial charge is 0.492 e. The van der Waals surface area contributed by atoms with Crippen molar-refractivity contribution in [3.8, 4) is 5.75 Å². The van der Waals surface area contributed by atoms with Crippen LogP contribution in [0.1, 0.15) is 30.1 Å². The lowest BCUT2D eigenvalue weighted by Gasteiger charge is -2.16. The Balaban J connectivity index is 0.00000128. The number of ether oxygens (including phenoxy) is 1. The Morgan fingerprint density at radius 1 is 1.50 bits per heavy atom. The normalized spacial score (nSPS) is 19.6. The molecule has 1 aliphatic rings. The van der Waals surface area contributed by atoms with E-state index in [4.69, 9.17) is 4.74 Å². The first-order valence-corrected chi connectivity index (χ1v) is 6.50. The molecule has 1 unspecified atom stereocenters. The van der Waals surface area contributed by atoms with Gasteiger partial charge in [-0.05, 0) is 57.3 Å². The summed E-state index contributed by atoms with van der Waals surface area (Å²) in [6.07, 6.45) is 3.73. The van der Waals surface area contributed by atoms with Crippen molar-refractivity contribution in [1.82, 2.24) is 4.90 Å². The summed E-state index contributed by atoms with van der Waals surface area (Å²) in [5.41, 5.74) is 0. The lowest BCUT2D eigenvalue weighted by Crippen LogP contribution is -2.15. The van der Waals surface area contributed by atoms with Crippen LogP contribution in [0.5, 0.6) is 5.75 Å². The highest BCUT2D eigenvalue weighted by atomic mass is 35.5. The standard InChI is InChI=1S/C12H19NOS.ClH/c1-13(2)7-5-10-4-3-8-14-11-6-9-15-12(10)11;/h6,9-10H,3-5,7-8H2,1-2H3;1H. The van der Waals surface area contributed by atoms with Crippen molar-refractivity contribution in [2.24, 2.45) is 0 Å². The first kappa shape index (κ1) is 13.8. The van der Waals surface area contributed by atoms with Crippen LogP contribution in [-0.2, 0) is 0 Å². The number of rotatable bonds is 3. The highest BCUT2D eigenvalue weighted by Gasteiger charge is 2.20. The fourth-order valence-electron chi connectivity index (χ4n) is 2.06. The highest BCUT2D eigenvalue weighted by molar-refractivity contribution is 7.10. The Labute approximate surface area is 108 Å². The molecule has 2 nitrogen and oxygen atoms in total. The molecule has 0 saturated heterocycles. The van der Waals surface area contributed by atoms with Gasteiger partial charge in [0.25, 0.3) is 0 Å². The molecule has 1 aromatic heterocycles. The molecule has 0 amide bonds. The third kappa shape index (κ3) is 3.37. The van der Waals surface area contributed by atoms with Crippen molar-refractivity contribution in [3.05, 3.63) is 16.3 Å². The molecule has 16 heavy (non-hydrogen) atoms. The maximum Gasteiger partial charge on any atom is 0.133 e. The van der Waals surface area contributed by atoms with E-state index in [9.17, 15) is 0 Å². The minimum atomic E-state index is 0. The van der Waals surface area contributed by atoms with Crippen molar-refractivity contribution in [2.45, 2.75) is 25.2 Å². The fraction of sp³-hybridized carbons (Fsp3) is 0.667. The van der Waals surface area contributed by atoms with Gasteiger partial charge in [-0.15, -0.1) is 23.7 Å². The molecule has 1 aromatic rings. The molecular formula is C12H20ClNOS. The lowest BCUT2D eigenvalue weighted by atomic mass is 9.98. The second-order valence-electron chi connectivity index (χ2n) is 4.43. The van der Waals surface area contributed by atoms with E-state index in [0.29, 0.717) is 5.92 Å². The number of nitrogens with zero attached hydrogens (tertiary/aromatic N) is 1. The van der Waals surface area contributed by atoms with Gasteiger partial charge in [-0.1, -0.05) is 0 Å². The second-order valence-corrected chi connectivity index (χ2v) is 5.38. The van der Waals surface area contributed by atoms with Crippen molar-refractivity contribution >= 4 is 23.7 Å². The van der Waals surface area contributed by atoms with E-state index in [1.54, 1.807) is 0 Å². The van der Waals surface area contributed by atoms with Gasteiger partial charge in [-0.3, -0.25) is 0 Å². The molecule has 92 valence electrons. The van der Waals surface area contributed by atoms with E-state index in [0.717, 1.165) is 12.4 Å². The van der Waals surface area contributed by atoms with Crippen LogP contribution < -0.4 is 4.74 Å². The molecule has 0 aliphatic carbocycles. The van der Waals surface area contributed by atoms with Gasteiger partial charge in [0.05, 0.1) is 6.61 Å². The predicted molar refractivity (Wildman–Crippen MR) is 72.2 cm³/mol. The average molecular weight is 262 g/mol. The summed E-state index contributed by atoms with van der Waals surface area (Å²) in [4.78, 5) is 3.73. The predicted octanol–water partition coefficient (Wildman–Crippen LogP) is 3.38. The van der Waals surface area contributed by atoms with Gasteiger partial charge in [0.2, 0.25) is 0 Å². The topological polar surface area (TPSA) is 12.5 Å². The van der Waals surface area contributed by atoms with Crippen LogP contribution >= 0.6 is 23.7 Å². The molecule has 0 N–H and O–H groups in total. The van der Waals surface area contributed by atoms with Crippen LogP contribution in [0.3, 0.4) is 0 Å². The smallest absolute Gasteiger partial charge is 0.133 e. The third-order valence-corrected chi connectivity index (χ3v) is 3.97. The molecule has 2 rings (SSSR count). The summed E-state index contributed by atoms with van der Waals surface area (Å²) in [5, 5.41) is 2.15. The number of hydrogen-bond acceptors (Lipinski definition) is 3. The summed E-state index contributed by atoms with van der Waals surface area (Å²) in [6.45, 7) is 2.06. The summed E-state index contributed by atoms with van der Waals surface area (Å²) in [5.74, 6) is 1.85. The van der Waals surface area contributed by atoms with Gasteiger partial charge in [0.1, 0.15) is 5.75 Å². The van der Waals surface area contributed by atoms with Gasteiger partial charge in [0, 0.05) is 4.88 Å². The molecule has 0 bridgehead atoms. The second kappa shape index (κ2) is 6.48. The molecule has 0 spiro atoms. The summed E-state index contributed by atoms with van der Waals surface area (Å²) in [7, 11) is 4.28. The van der Waals surface area contributed by atoms with Gasteiger partial charge in [0.15, 0.2) is 0 Å². The Hall–Kier alpha value is -0.250. The van der Waals surface area contributed by atoms with Crippen molar-refractivity contribution in [2.75, 3.05) is 27.2 Å². The number of thiophene rings is 1. The van der Waals surface area contributed by atoms with Crippen molar-refractivity contribution in [3.63, 3.8) is 0 Å². The first-order valence-electron chi connectivity index (χ1n) is 5.62. The van der Waals surface area contributed by atoms with Crippen LogP contribution in [0.15, 0.2) is 11.4 Å². The number of halogens is 1. The van der Waals surface area contributed by atoms with Gasteiger partial charge in [-0.2, -0.15) is 0 Å². The van der Waals surface area contributed by atoms with Gasteiger partial charge >= 0.3 is 0 Å². The minimum absolute atomic E-state index is 0. The zero-order chi connectivity index (χ0) is 10.7.